The Hall–Kier alpha value is -0.370. The van der Waals surface area contributed by atoms with Crippen molar-refractivity contribution < 1.29 is 17.9 Å². The predicted octanol–water partition coefficient (Wildman–Crippen LogP) is 2.38. The molecule has 2 atom stereocenters. The lowest BCUT2D eigenvalue weighted by atomic mass is 10.1. The van der Waals surface area contributed by atoms with Crippen LogP contribution in [0.25, 0.3) is 0 Å². The molecular formula is C13H17Cl2NO4S. The number of halogens is 2. The maximum Gasteiger partial charge on any atom is 0.242 e. The summed E-state index contributed by atoms with van der Waals surface area (Å²) in [5.74, 6) is 0. The quantitative estimate of drug-likeness (QED) is 0.902. The molecule has 1 N–H and O–H groups in total. The molecule has 1 aromatic carbocycles. The van der Waals surface area contributed by atoms with Crippen LogP contribution >= 0.6 is 23.2 Å². The number of hydrogen-bond acceptors (Lipinski definition) is 4. The van der Waals surface area contributed by atoms with Crippen molar-refractivity contribution in [2.24, 2.45) is 0 Å². The minimum Gasteiger partial charge on any atom is -0.379 e. The highest BCUT2D eigenvalue weighted by Crippen LogP contribution is 2.30. The number of ether oxygens (including phenoxy) is 2. The Morgan fingerprint density at radius 2 is 2.10 bits per heavy atom. The van der Waals surface area contributed by atoms with Crippen molar-refractivity contribution in [1.82, 2.24) is 4.72 Å². The molecule has 0 aliphatic carbocycles. The van der Waals surface area contributed by atoms with E-state index in [2.05, 4.69) is 4.72 Å². The SMILES string of the molecule is CO[C@@H]1COCC[C@H]1NS(=O)(=O)c1ccc(Cl)c(C)c1Cl. The van der Waals surface area contributed by atoms with Gasteiger partial charge in [-0.1, -0.05) is 23.2 Å². The topological polar surface area (TPSA) is 64.6 Å². The summed E-state index contributed by atoms with van der Waals surface area (Å²) in [6, 6.07) is 2.58. The minimum absolute atomic E-state index is 0.0208. The summed E-state index contributed by atoms with van der Waals surface area (Å²) in [6.07, 6.45) is 0.225. The Balaban J connectivity index is 2.28. The van der Waals surface area contributed by atoms with E-state index in [9.17, 15) is 8.42 Å². The van der Waals surface area contributed by atoms with E-state index in [1.165, 1.54) is 19.2 Å². The highest BCUT2D eigenvalue weighted by molar-refractivity contribution is 7.89. The molecule has 1 aromatic rings. The Morgan fingerprint density at radius 1 is 1.38 bits per heavy atom. The smallest absolute Gasteiger partial charge is 0.242 e. The van der Waals surface area contributed by atoms with Crippen molar-refractivity contribution in [1.29, 1.82) is 0 Å². The third-order valence-corrected chi connectivity index (χ3v) is 6.03. The van der Waals surface area contributed by atoms with Crippen molar-refractivity contribution in [3.8, 4) is 0 Å². The minimum atomic E-state index is -3.75. The fraction of sp³-hybridized carbons (Fsp3) is 0.538. The molecule has 1 aliphatic heterocycles. The summed E-state index contributed by atoms with van der Waals surface area (Å²) in [4.78, 5) is 0.0208. The van der Waals surface area contributed by atoms with E-state index >= 15 is 0 Å². The van der Waals surface area contributed by atoms with Crippen LogP contribution in [0, 0.1) is 6.92 Å². The largest absolute Gasteiger partial charge is 0.379 e. The van der Waals surface area contributed by atoms with E-state index in [0.29, 0.717) is 30.2 Å². The van der Waals surface area contributed by atoms with Crippen LogP contribution in [0.15, 0.2) is 17.0 Å². The lowest BCUT2D eigenvalue weighted by Gasteiger charge is -2.30. The predicted molar refractivity (Wildman–Crippen MR) is 81.5 cm³/mol. The van der Waals surface area contributed by atoms with Gasteiger partial charge in [-0.15, -0.1) is 0 Å². The summed E-state index contributed by atoms with van der Waals surface area (Å²) in [5, 5.41) is 0.566. The molecule has 0 bridgehead atoms. The van der Waals surface area contributed by atoms with Crippen LogP contribution in [-0.2, 0) is 19.5 Å². The molecular weight excluding hydrogens is 337 g/mol. The van der Waals surface area contributed by atoms with Crippen molar-refractivity contribution in [2.75, 3.05) is 20.3 Å². The average molecular weight is 354 g/mol. The first-order valence-corrected chi connectivity index (χ1v) is 8.68. The molecule has 118 valence electrons. The van der Waals surface area contributed by atoms with E-state index < -0.39 is 10.0 Å². The molecule has 0 unspecified atom stereocenters. The van der Waals surface area contributed by atoms with E-state index in [0.717, 1.165) is 0 Å². The van der Waals surface area contributed by atoms with E-state index in [1.807, 2.05) is 0 Å². The van der Waals surface area contributed by atoms with Crippen LogP contribution in [0.1, 0.15) is 12.0 Å². The van der Waals surface area contributed by atoms with Crippen molar-refractivity contribution >= 4 is 33.2 Å². The molecule has 0 radical (unpaired) electrons. The van der Waals surface area contributed by atoms with Gasteiger partial charge >= 0.3 is 0 Å². The second kappa shape index (κ2) is 6.81. The molecule has 0 spiro atoms. The van der Waals surface area contributed by atoms with Crippen molar-refractivity contribution in [2.45, 2.75) is 30.4 Å². The van der Waals surface area contributed by atoms with Crippen LogP contribution in [0.3, 0.4) is 0 Å². The zero-order valence-corrected chi connectivity index (χ0v) is 14.1. The molecule has 5 nitrogen and oxygen atoms in total. The van der Waals surface area contributed by atoms with Crippen molar-refractivity contribution in [3.63, 3.8) is 0 Å². The van der Waals surface area contributed by atoms with E-state index in [4.69, 9.17) is 32.7 Å². The maximum absolute atomic E-state index is 12.5. The molecule has 1 aliphatic rings. The van der Waals surface area contributed by atoms with Gasteiger partial charge in [0.1, 0.15) is 4.90 Å². The number of hydrogen-bond donors (Lipinski definition) is 1. The Morgan fingerprint density at radius 3 is 2.76 bits per heavy atom. The highest BCUT2D eigenvalue weighted by atomic mass is 35.5. The first kappa shape index (κ1) is 17.0. The first-order chi connectivity index (χ1) is 9.86. The fourth-order valence-electron chi connectivity index (χ4n) is 2.19. The van der Waals surface area contributed by atoms with Gasteiger partial charge in [-0.25, -0.2) is 13.1 Å². The van der Waals surface area contributed by atoms with Crippen LogP contribution in [-0.4, -0.2) is 40.9 Å². The maximum atomic E-state index is 12.5. The van der Waals surface area contributed by atoms with Crippen LogP contribution in [0.2, 0.25) is 10.0 Å². The number of nitrogens with one attached hydrogen (secondary N) is 1. The summed E-state index contributed by atoms with van der Waals surface area (Å²) in [5.41, 5.74) is 0.538. The van der Waals surface area contributed by atoms with Gasteiger partial charge in [0, 0.05) is 18.7 Å². The van der Waals surface area contributed by atoms with Gasteiger partial charge in [0.05, 0.1) is 23.8 Å². The summed E-state index contributed by atoms with van der Waals surface area (Å²) in [7, 11) is -2.22. The van der Waals surface area contributed by atoms with Crippen LogP contribution in [0.5, 0.6) is 0 Å². The monoisotopic (exact) mass is 353 g/mol. The zero-order chi connectivity index (χ0) is 15.6. The normalized spacial score (nSPS) is 23.2. The Labute approximate surface area is 134 Å². The van der Waals surface area contributed by atoms with Gasteiger partial charge in [0.15, 0.2) is 0 Å². The molecule has 0 amide bonds. The molecule has 0 saturated carbocycles. The van der Waals surface area contributed by atoms with Crippen molar-refractivity contribution in [3.05, 3.63) is 27.7 Å². The first-order valence-electron chi connectivity index (χ1n) is 6.44. The molecule has 2 rings (SSSR count). The second-order valence-electron chi connectivity index (χ2n) is 4.85. The van der Waals surface area contributed by atoms with Crippen LogP contribution < -0.4 is 4.72 Å². The van der Waals surface area contributed by atoms with Gasteiger partial charge in [-0.3, -0.25) is 0 Å². The summed E-state index contributed by atoms with van der Waals surface area (Å²) < 4.78 is 38.2. The molecule has 1 saturated heterocycles. The standard InChI is InChI=1S/C13H17Cl2NO4S/c1-8-9(14)3-4-12(13(8)15)21(17,18)16-10-5-6-20-7-11(10)19-2/h3-4,10-11,16H,5-7H2,1-2H3/t10-,11-/m1/s1. The van der Waals surface area contributed by atoms with Crippen LogP contribution in [0.4, 0.5) is 0 Å². The third-order valence-electron chi connectivity index (χ3n) is 3.49. The number of rotatable bonds is 4. The molecule has 0 aromatic heterocycles. The summed E-state index contributed by atoms with van der Waals surface area (Å²) >= 11 is 12.0. The number of sulfonamides is 1. The van der Waals surface area contributed by atoms with E-state index in [1.54, 1.807) is 6.92 Å². The average Bonchev–Trinajstić information content (AvgIpc) is 2.44. The third kappa shape index (κ3) is 3.70. The Bertz CT molecular complexity index is 621. The molecule has 21 heavy (non-hydrogen) atoms. The Kier molecular flexibility index (Phi) is 5.51. The molecule has 8 heteroatoms. The van der Waals surface area contributed by atoms with Gasteiger partial charge in [0.25, 0.3) is 0 Å². The van der Waals surface area contributed by atoms with Gasteiger partial charge in [-0.05, 0) is 31.0 Å². The molecule has 1 heterocycles. The zero-order valence-electron chi connectivity index (χ0n) is 11.7. The molecule has 1 fully saturated rings. The summed E-state index contributed by atoms with van der Waals surface area (Å²) in [6.45, 7) is 2.52. The second-order valence-corrected chi connectivity index (χ2v) is 7.32. The number of methoxy groups -OCH3 is 1. The van der Waals surface area contributed by atoms with Gasteiger partial charge in [0.2, 0.25) is 10.0 Å². The van der Waals surface area contributed by atoms with Gasteiger partial charge < -0.3 is 9.47 Å². The van der Waals surface area contributed by atoms with Gasteiger partial charge in [-0.2, -0.15) is 0 Å². The number of benzene rings is 1. The lowest BCUT2D eigenvalue weighted by Crippen LogP contribution is -2.49. The fourth-order valence-corrected chi connectivity index (χ4v) is 4.29. The van der Waals surface area contributed by atoms with E-state index in [-0.39, 0.29) is 22.1 Å². The highest BCUT2D eigenvalue weighted by Gasteiger charge is 2.31. The lowest BCUT2D eigenvalue weighted by molar-refractivity contribution is -0.0448.